The molecule has 0 N–H and O–H groups in total. The van der Waals surface area contributed by atoms with Crippen molar-refractivity contribution in [3.8, 4) is 22.6 Å². The molecule has 6 heteroatoms. The van der Waals surface area contributed by atoms with Crippen molar-refractivity contribution in [3.05, 3.63) is 47.5 Å². The Morgan fingerprint density at radius 1 is 0.528 bits per heavy atom. The second-order valence-corrected chi connectivity index (χ2v) is 13.0. The molecule has 0 radical (unpaired) electrons. The summed E-state index contributed by atoms with van der Waals surface area (Å²) in [4.78, 5) is 25.6. The molecule has 0 amide bonds. The van der Waals surface area contributed by atoms with Gasteiger partial charge in [0.05, 0.1) is 0 Å². The number of hydrogen-bond acceptors (Lipinski definition) is 6. The zero-order valence-electron chi connectivity index (χ0n) is 23.9. The molecule has 0 aromatic heterocycles. The van der Waals surface area contributed by atoms with Crippen molar-refractivity contribution in [1.29, 1.82) is 0 Å². The topological polar surface area (TPSA) is 71.1 Å². The molecule has 198 valence electrons. The van der Waals surface area contributed by atoms with E-state index in [1.54, 1.807) is 41.5 Å². The number of ether oxygens (including phenoxy) is 4. The Bertz CT molecular complexity index is 1010. The Balaban J connectivity index is 2.79. The van der Waals surface area contributed by atoms with Gasteiger partial charge in [0, 0.05) is 22.3 Å². The highest BCUT2D eigenvalue weighted by Gasteiger charge is 2.30. The lowest BCUT2D eigenvalue weighted by Gasteiger charge is -2.28. The summed E-state index contributed by atoms with van der Waals surface area (Å²) in [6.45, 7) is 22.9. The van der Waals surface area contributed by atoms with Crippen LogP contribution >= 0.6 is 0 Å². The molecule has 0 unspecified atom stereocenters. The molecular weight excluding hydrogens is 456 g/mol. The van der Waals surface area contributed by atoms with E-state index in [1.807, 2.05) is 77.9 Å². The largest absolute Gasteiger partial charge is 0.514 e. The normalized spacial score (nSPS) is 12.7. The fraction of sp³-hybridized carbons (Fsp3) is 0.533. The molecule has 0 aliphatic carbocycles. The molecule has 0 saturated heterocycles. The summed E-state index contributed by atoms with van der Waals surface area (Å²) in [5.74, 6) is 0.721. The van der Waals surface area contributed by atoms with Gasteiger partial charge in [-0.25, -0.2) is 9.59 Å². The van der Waals surface area contributed by atoms with Gasteiger partial charge in [0.1, 0.15) is 22.7 Å². The summed E-state index contributed by atoms with van der Waals surface area (Å²) in [5.41, 5.74) is 0.722. The first-order valence-electron chi connectivity index (χ1n) is 12.3. The fourth-order valence-electron chi connectivity index (χ4n) is 3.61. The highest BCUT2D eigenvalue weighted by molar-refractivity contribution is 5.83. The third kappa shape index (κ3) is 8.00. The van der Waals surface area contributed by atoms with Crippen LogP contribution in [0.2, 0.25) is 0 Å². The van der Waals surface area contributed by atoms with Crippen LogP contribution in [0.4, 0.5) is 9.59 Å². The third-order valence-corrected chi connectivity index (χ3v) is 5.09. The molecule has 0 fully saturated rings. The Morgan fingerprint density at radius 2 is 0.833 bits per heavy atom. The third-order valence-electron chi connectivity index (χ3n) is 5.09. The van der Waals surface area contributed by atoms with E-state index in [2.05, 4.69) is 0 Å². The molecule has 2 aromatic rings. The maximum atomic E-state index is 12.8. The molecule has 2 rings (SSSR count). The Labute approximate surface area is 216 Å². The molecule has 0 bridgehead atoms. The number of hydrogen-bond donors (Lipinski definition) is 0. The first-order chi connectivity index (χ1) is 16.2. The van der Waals surface area contributed by atoms with E-state index < -0.39 is 23.5 Å². The lowest BCUT2D eigenvalue weighted by Crippen LogP contribution is -2.27. The highest BCUT2D eigenvalue weighted by Crippen LogP contribution is 2.46. The van der Waals surface area contributed by atoms with E-state index in [4.69, 9.17) is 18.9 Å². The number of carbonyl (C=O) groups excluding carboxylic acids is 2. The van der Waals surface area contributed by atoms with Crippen LogP contribution < -0.4 is 9.47 Å². The molecular formula is C30H42O6. The van der Waals surface area contributed by atoms with E-state index >= 15 is 0 Å². The maximum Gasteiger partial charge on any atom is 0.514 e. The Hall–Kier alpha value is -3.02. The van der Waals surface area contributed by atoms with Crippen LogP contribution in [0, 0.1) is 0 Å². The molecule has 2 aromatic carbocycles. The second kappa shape index (κ2) is 10.2. The van der Waals surface area contributed by atoms with Crippen LogP contribution in [0.15, 0.2) is 36.4 Å². The van der Waals surface area contributed by atoms with Gasteiger partial charge >= 0.3 is 12.3 Å². The first kappa shape index (κ1) is 29.2. The van der Waals surface area contributed by atoms with Gasteiger partial charge in [-0.1, -0.05) is 77.9 Å². The van der Waals surface area contributed by atoms with Crippen molar-refractivity contribution in [3.63, 3.8) is 0 Å². The number of para-hydroxylation sites is 2. The second-order valence-electron chi connectivity index (χ2n) is 13.0. The quantitative estimate of drug-likeness (QED) is 0.312. The van der Waals surface area contributed by atoms with Crippen LogP contribution in [0.25, 0.3) is 11.1 Å². The summed E-state index contributed by atoms with van der Waals surface area (Å²) in [7, 11) is 0. The highest BCUT2D eigenvalue weighted by atomic mass is 16.7. The molecule has 0 aliphatic heterocycles. The fourth-order valence-corrected chi connectivity index (χ4v) is 3.61. The van der Waals surface area contributed by atoms with E-state index in [0.717, 1.165) is 11.1 Å². The van der Waals surface area contributed by atoms with Gasteiger partial charge in [0.15, 0.2) is 0 Å². The molecule has 36 heavy (non-hydrogen) atoms. The van der Waals surface area contributed by atoms with Crippen molar-refractivity contribution in [2.24, 2.45) is 0 Å². The Kier molecular flexibility index (Phi) is 8.24. The van der Waals surface area contributed by atoms with E-state index in [0.29, 0.717) is 22.6 Å². The van der Waals surface area contributed by atoms with Crippen LogP contribution in [0.5, 0.6) is 11.5 Å². The van der Waals surface area contributed by atoms with Crippen LogP contribution in [0.3, 0.4) is 0 Å². The van der Waals surface area contributed by atoms with Crippen molar-refractivity contribution < 1.29 is 28.5 Å². The smallest absolute Gasteiger partial charge is 0.428 e. The van der Waals surface area contributed by atoms with E-state index in [-0.39, 0.29) is 10.8 Å². The molecule has 0 atom stereocenters. The average Bonchev–Trinajstić information content (AvgIpc) is 2.63. The summed E-state index contributed by atoms with van der Waals surface area (Å²) in [6, 6.07) is 11.3. The minimum atomic E-state index is -0.804. The standard InChI is InChI=1S/C30H42O6/c1-27(2,3)21-17-13-15-19(23(21)33-25(31)35-29(7,8)9)20-16-14-18-22(28(4,5)6)24(20)34-26(32)36-30(10,11)12/h13-18H,1-12H3. The molecule has 6 nitrogen and oxygen atoms in total. The van der Waals surface area contributed by atoms with Crippen molar-refractivity contribution >= 4 is 12.3 Å². The predicted octanol–water partition coefficient (Wildman–Crippen LogP) is 8.58. The lowest BCUT2D eigenvalue weighted by atomic mass is 9.82. The number of benzene rings is 2. The first-order valence-corrected chi connectivity index (χ1v) is 12.3. The van der Waals surface area contributed by atoms with Gasteiger partial charge in [-0.15, -0.1) is 0 Å². The minimum absolute atomic E-state index is 0.346. The molecule has 0 saturated carbocycles. The zero-order valence-corrected chi connectivity index (χ0v) is 23.9. The average molecular weight is 499 g/mol. The zero-order chi connectivity index (χ0) is 27.7. The van der Waals surface area contributed by atoms with Crippen molar-refractivity contribution in [2.45, 2.75) is 105 Å². The molecule has 0 aliphatic rings. The SMILES string of the molecule is CC(C)(C)OC(=O)Oc1c(-c2cccc(C(C)(C)C)c2OC(=O)OC(C)(C)C)cccc1C(C)(C)C. The monoisotopic (exact) mass is 498 g/mol. The summed E-state index contributed by atoms with van der Waals surface area (Å²) in [5, 5.41) is 0. The number of rotatable bonds is 3. The van der Waals surface area contributed by atoms with Gasteiger partial charge in [-0.3, -0.25) is 0 Å². The Morgan fingerprint density at radius 3 is 1.08 bits per heavy atom. The maximum absolute atomic E-state index is 12.8. The lowest BCUT2D eigenvalue weighted by molar-refractivity contribution is 0.0187. The summed E-state index contributed by atoms with van der Waals surface area (Å²) in [6.07, 6.45) is -1.61. The summed E-state index contributed by atoms with van der Waals surface area (Å²) < 4.78 is 22.7. The van der Waals surface area contributed by atoms with Crippen LogP contribution in [-0.4, -0.2) is 23.5 Å². The van der Waals surface area contributed by atoms with Crippen LogP contribution in [0.1, 0.15) is 94.2 Å². The molecule has 0 heterocycles. The van der Waals surface area contributed by atoms with Crippen molar-refractivity contribution in [2.75, 3.05) is 0 Å². The van der Waals surface area contributed by atoms with Crippen LogP contribution in [-0.2, 0) is 20.3 Å². The predicted molar refractivity (Wildman–Crippen MR) is 143 cm³/mol. The van der Waals surface area contributed by atoms with Gasteiger partial charge in [0.2, 0.25) is 0 Å². The van der Waals surface area contributed by atoms with Gasteiger partial charge in [-0.05, 0) is 52.4 Å². The minimum Gasteiger partial charge on any atom is -0.428 e. The van der Waals surface area contributed by atoms with Crippen molar-refractivity contribution in [1.82, 2.24) is 0 Å². The summed E-state index contributed by atoms with van der Waals surface area (Å²) >= 11 is 0. The van der Waals surface area contributed by atoms with Gasteiger partial charge in [0.25, 0.3) is 0 Å². The van der Waals surface area contributed by atoms with Gasteiger partial charge < -0.3 is 18.9 Å². The number of carbonyl (C=O) groups is 2. The van der Waals surface area contributed by atoms with Gasteiger partial charge in [-0.2, -0.15) is 0 Å². The van der Waals surface area contributed by atoms with E-state index in [1.165, 1.54) is 0 Å². The molecule has 0 spiro atoms. The van der Waals surface area contributed by atoms with E-state index in [9.17, 15) is 9.59 Å².